The molecular weight excluding hydrogens is 228 g/mol. The van der Waals surface area contributed by atoms with Crippen molar-refractivity contribution in [1.82, 2.24) is 15.0 Å². The fourth-order valence-corrected chi connectivity index (χ4v) is 1.62. The first-order valence-corrected chi connectivity index (χ1v) is 5.74. The first-order valence-electron chi connectivity index (χ1n) is 5.74. The average molecular weight is 242 g/mol. The Morgan fingerprint density at radius 2 is 2.06 bits per heavy atom. The Morgan fingerprint density at radius 1 is 1.33 bits per heavy atom. The highest BCUT2D eigenvalue weighted by atomic mass is 16.5. The maximum absolute atomic E-state index is 8.99. The predicted molar refractivity (Wildman–Crippen MR) is 65.9 cm³/mol. The maximum atomic E-state index is 8.99. The molecule has 2 aromatic rings. The molecule has 0 unspecified atom stereocenters. The summed E-state index contributed by atoms with van der Waals surface area (Å²) in [6.45, 7) is 4.27. The molecule has 0 radical (unpaired) electrons. The van der Waals surface area contributed by atoms with Crippen LogP contribution < -0.4 is 4.74 Å². The van der Waals surface area contributed by atoms with Crippen molar-refractivity contribution in [1.29, 1.82) is 5.26 Å². The number of ether oxygens (including phenoxy) is 1. The van der Waals surface area contributed by atoms with Gasteiger partial charge in [0, 0.05) is 6.04 Å². The monoisotopic (exact) mass is 242 g/mol. The van der Waals surface area contributed by atoms with E-state index in [0.29, 0.717) is 11.4 Å². The number of aromatic nitrogens is 3. The molecule has 0 spiro atoms. The smallest absolute Gasteiger partial charge is 0.189 e. The number of nitrogens with zero attached hydrogens (tertiary/aromatic N) is 4. The van der Waals surface area contributed by atoms with E-state index in [1.807, 2.05) is 50.2 Å². The highest BCUT2D eigenvalue weighted by molar-refractivity contribution is 5.26. The van der Waals surface area contributed by atoms with E-state index in [-0.39, 0.29) is 12.6 Å². The molecule has 0 saturated heterocycles. The van der Waals surface area contributed by atoms with Crippen LogP contribution >= 0.6 is 0 Å². The van der Waals surface area contributed by atoms with Crippen molar-refractivity contribution in [2.24, 2.45) is 0 Å². The third kappa shape index (κ3) is 2.48. The third-order valence-electron chi connectivity index (χ3n) is 2.50. The van der Waals surface area contributed by atoms with Crippen molar-refractivity contribution in [3.05, 3.63) is 41.7 Å². The van der Waals surface area contributed by atoms with Gasteiger partial charge in [0.1, 0.15) is 24.1 Å². The Labute approximate surface area is 106 Å². The van der Waals surface area contributed by atoms with Crippen molar-refractivity contribution in [2.45, 2.75) is 26.5 Å². The lowest BCUT2D eigenvalue weighted by Gasteiger charge is -2.10. The van der Waals surface area contributed by atoms with Crippen LogP contribution in [0.1, 0.15) is 31.3 Å². The molecule has 0 aliphatic rings. The van der Waals surface area contributed by atoms with E-state index in [2.05, 4.69) is 10.3 Å². The second-order valence-corrected chi connectivity index (χ2v) is 4.14. The molecule has 1 heterocycles. The largest absolute Gasteiger partial charge is 0.487 e. The van der Waals surface area contributed by atoms with Gasteiger partial charge in [-0.2, -0.15) is 5.26 Å². The molecule has 0 amide bonds. The van der Waals surface area contributed by atoms with Crippen LogP contribution in [-0.4, -0.2) is 15.0 Å². The van der Waals surface area contributed by atoms with E-state index in [9.17, 15) is 0 Å². The minimum atomic E-state index is 0.147. The summed E-state index contributed by atoms with van der Waals surface area (Å²) in [7, 11) is 0. The molecule has 5 heteroatoms. The van der Waals surface area contributed by atoms with Gasteiger partial charge in [-0.3, -0.25) is 0 Å². The Hall–Kier alpha value is -2.35. The molecule has 0 aliphatic heterocycles. The molecule has 0 fully saturated rings. The van der Waals surface area contributed by atoms with Crippen LogP contribution in [0.3, 0.4) is 0 Å². The molecule has 1 aromatic carbocycles. The summed E-state index contributed by atoms with van der Waals surface area (Å²) in [6, 6.07) is 11.6. The van der Waals surface area contributed by atoms with E-state index in [1.165, 1.54) is 0 Å². The SMILES string of the molecule is CC(C)n1nnc(C#N)c1COc1ccccc1. The molecule has 0 saturated carbocycles. The molecule has 0 atom stereocenters. The van der Waals surface area contributed by atoms with Crippen LogP contribution in [0.15, 0.2) is 30.3 Å². The fraction of sp³-hybridized carbons (Fsp3) is 0.308. The summed E-state index contributed by atoms with van der Waals surface area (Å²) >= 11 is 0. The van der Waals surface area contributed by atoms with Crippen LogP contribution in [0, 0.1) is 11.3 Å². The lowest BCUT2D eigenvalue weighted by molar-refractivity contribution is 0.287. The van der Waals surface area contributed by atoms with Gasteiger partial charge >= 0.3 is 0 Å². The van der Waals surface area contributed by atoms with Gasteiger partial charge < -0.3 is 4.74 Å². The minimum Gasteiger partial charge on any atom is -0.487 e. The zero-order chi connectivity index (χ0) is 13.0. The molecule has 18 heavy (non-hydrogen) atoms. The normalized spacial score (nSPS) is 10.3. The quantitative estimate of drug-likeness (QED) is 0.825. The molecule has 92 valence electrons. The Kier molecular flexibility index (Phi) is 3.58. The van der Waals surface area contributed by atoms with Gasteiger partial charge in [0.2, 0.25) is 0 Å². The average Bonchev–Trinajstić information content (AvgIpc) is 2.80. The topological polar surface area (TPSA) is 63.7 Å². The fourth-order valence-electron chi connectivity index (χ4n) is 1.62. The highest BCUT2D eigenvalue weighted by Gasteiger charge is 2.15. The lowest BCUT2D eigenvalue weighted by atomic mass is 10.3. The van der Waals surface area contributed by atoms with Crippen LogP contribution in [0.2, 0.25) is 0 Å². The lowest BCUT2D eigenvalue weighted by Crippen LogP contribution is -2.10. The zero-order valence-electron chi connectivity index (χ0n) is 10.4. The molecule has 2 rings (SSSR count). The van der Waals surface area contributed by atoms with E-state index in [1.54, 1.807) is 4.68 Å². The minimum absolute atomic E-state index is 0.147. The molecule has 0 bridgehead atoms. The van der Waals surface area contributed by atoms with Crippen molar-refractivity contribution in [3.8, 4) is 11.8 Å². The summed E-state index contributed by atoms with van der Waals surface area (Å²) in [6.07, 6.45) is 0. The molecule has 0 N–H and O–H groups in total. The van der Waals surface area contributed by atoms with Gasteiger partial charge in [-0.25, -0.2) is 4.68 Å². The van der Waals surface area contributed by atoms with Gasteiger partial charge in [0.15, 0.2) is 5.69 Å². The Bertz CT molecular complexity index is 554. The third-order valence-corrected chi connectivity index (χ3v) is 2.50. The van der Waals surface area contributed by atoms with Gasteiger partial charge in [-0.1, -0.05) is 23.4 Å². The predicted octanol–water partition coefficient (Wildman–Crippen LogP) is 2.31. The van der Waals surface area contributed by atoms with Crippen LogP contribution in [-0.2, 0) is 6.61 Å². The summed E-state index contributed by atoms with van der Waals surface area (Å²) < 4.78 is 7.34. The number of hydrogen-bond acceptors (Lipinski definition) is 4. The first-order chi connectivity index (χ1) is 8.72. The standard InChI is InChI=1S/C13H14N4O/c1-10(2)17-13(12(8-14)15-16-17)9-18-11-6-4-3-5-7-11/h3-7,10H,9H2,1-2H3. The summed E-state index contributed by atoms with van der Waals surface area (Å²) in [5.74, 6) is 0.762. The number of nitriles is 1. The van der Waals surface area contributed by atoms with E-state index in [0.717, 1.165) is 5.75 Å². The van der Waals surface area contributed by atoms with Crippen LogP contribution in [0.25, 0.3) is 0 Å². The van der Waals surface area contributed by atoms with Crippen LogP contribution in [0.5, 0.6) is 5.75 Å². The van der Waals surface area contributed by atoms with Gasteiger partial charge in [-0.15, -0.1) is 5.10 Å². The second kappa shape index (κ2) is 5.32. The van der Waals surface area contributed by atoms with Crippen LogP contribution in [0.4, 0.5) is 0 Å². The maximum Gasteiger partial charge on any atom is 0.189 e. The number of para-hydroxylation sites is 1. The van der Waals surface area contributed by atoms with E-state index < -0.39 is 0 Å². The Morgan fingerprint density at radius 3 is 2.67 bits per heavy atom. The molecule has 1 aromatic heterocycles. The zero-order valence-corrected chi connectivity index (χ0v) is 10.4. The van der Waals surface area contributed by atoms with Gasteiger partial charge in [0.25, 0.3) is 0 Å². The van der Waals surface area contributed by atoms with Crippen molar-refractivity contribution in [3.63, 3.8) is 0 Å². The molecule has 5 nitrogen and oxygen atoms in total. The van der Waals surface area contributed by atoms with Crippen molar-refractivity contribution >= 4 is 0 Å². The second-order valence-electron chi connectivity index (χ2n) is 4.14. The van der Waals surface area contributed by atoms with E-state index >= 15 is 0 Å². The number of benzene rings is 1. The van der Waals surface area contributed by atoms with Gasteiger partial charge in [-0.05, 0) is 26.0 Å². The highest BCUT2D eigenvalue weighted by Crippen LogP contribution is 2.15. The number of rotatable bonds is 4. The number of hydrogen-bond donors (Lipinski definition) is 0. The molecular formula is C13H14N4O. The van der Waals surface area contributed by atoms with Gasteiger partial charge in [0.05, 0.1) is 0 Å². The molecule has 0 aliphatic carbocycles. The summed E-state index contributed by atoms with van der Waals surface area (Å²) in [5, 5.41) is 16.8. The van der Waals surface area contributed by atoms with Crippen molar-refractivity contribution in [2.75, 3.05) is 0 Å². The van der Waals surface area contributed by atoms with E-state index in [4.69, 9.17) is 10.00 Å². The van der Waals surface area contributed by atoms with Crippen molar-refractivity contribution < 1.29 is 4.74 Å². The first kappa shape index (κ1) is 12.1. The Balaban J connectivity index is 2.18. The summed E-state index contributed by atoms with van der Waals surface area (Å²) in [4.78, 5) is 0. The summed E-state index contributed by atoms with van der Waals surface area (Å²) in [5.41, 5.74) is 1.02.